The lowest BCUT2D eigenvalue weighted by molar-refractivity contribution is 0.168. The van der Waals surface area contributed by atoms with E-state index in [1.807, 2.05) is 18.4 Å². The number of nitrogens with two attached hydrogens (primary N) is 1. The van der Waals surface area contributed by atoms with Crippen molar-refractivity contribution in [2.45, 2.75) is 37.8 Å². The Labute approximate surface area is 133 Å². The normalized spacial score (nSPS) is 24.9. The van der Waals surface area contributed by atoms with Gasteiger partial charge in [0.05, 0.1) is 22.4 Å². The van der Waals surface area contributed by atoms with Crippen LogP contribution >= 0.6 is 11.3 Å². The zero-order valence-electron chi connectivity index (χ0n) is 12.7. The zero-order valence-corrected chi connectivity index (χ0v) is 13.5. The molecule has 0 spiro atoms. The molecule has 1 fully saturated rings. The predicted molar refractivity (Wildman–Crippen MR) is 89.5 cm³/mol. The van der Waals surface area contributed by atoms with Crippen LogP contribution in [0.5, 0.6) is 0 Å². The minimum atomic E-state index is -0.383. The summed E-state index contributed by atoms with van der Waals surface area (Å²) in [4.78, 5) is 12.6. The molecule has 0 aromatic carbocycles. The van der Waals surface area contributed by atoms with Gasteiger partial charge in [-0.05, 0) is 38.3 Å². The number of nitrogens with zero attached hydrogens (tertiary/aromatic N) is 3. The minimum Gasteiger partial charge on any atom is -0.390 e. The van der Waals surface area contributed by atoms with Crippen molar-refractivity contribution < 1.29 is 5.11 Å². The molecule has 1 aliphatic heterocycles. The highest BCUT2D eigenvalue weighted by atomic mass is 32.1. The van der Waals surface area contributed by atoms with E-state index in [2.05, 4.69) is 20.2 Å². The van der Waals surface area contributed by atoms with E-state index in [-0.39, 0.29) is 12.1 Å². The minimum absolute atomic E-state index is 0.0702. The third kappa shape index (κ3) is 2.15. The van der Waals surface area contributed by atoms with Crippen LogP contribution in [-0.4, -0.2) is 47.4 Å². The van der Waals surface area contributed by atoms with Crippen LogP contribution in [-0.2, 0) is 12.8 Å². The van der Waals surface area contributed by atoms with E-state index >= 15 is 0 Å². The molecule has 2 aromatic heterocycles. The summed E-state index contributed by atoms with van der Waals surface area (Å²) >= 11 is 1.81. The summed E-state index contributed by atoms with van der Waals surface area (Å²) < 4.78 is 1.13. The largest absolute Gasteiger partial charge is 0.390 e. The summed E-state index contributed by atoms with van der Waals surface area (Å²) in [6.07, 6.45) is 4.32. The van der Waals surface area contributed by atoms with Gasteiger partial charge in [0.1, 0.15) is 0 Å². The maximum absolute atomic E-state index is 10.1. The Morgan fingerprint density at radius 1 is 1.27 bits per heavy atom. The number of fused-ring (bicyclic) bond motifs is 3. The molecule has 4 rings (SSSR count). The maximum atomic E-state index is 10.1. The molecule has 0 radical (unpaired) electrons. The SMILES string of the molecule is CN[C@@H]1CN(c2nc(N)nc3c4c(sc23)CCCC4)C[C@@H]1O. The molecule has 118 valence electrons. The molecule has 1 saturated heterocycles. The molecule has 3 heterocycles. The molecular formula is C15H21N5OS. The number of β-amino-alcohol motifs (C(OH)–C–C–N with tert-alkyl or cyclic N) is 1. The zero-order chi connectivity index (χ0) is 15.3. The standard InChI is InChI=1S/C15H21N5OS/c1-17-9-6-20(7-10(9)21)14-13-12(18-15(16)19-14)8-4-2-3-5-11(8)22-13/h9-10,17,21H,2-7H2,1H3,(H2,16,18,19)/t9-,10+/m1/s1. The Balaban J connectivity index is 1.82. The van der Waals surface area contributed by atoms with Crippen molar-refractivity contribution in [1.29, 1.82) is 0 Å². The van der Waals surface area contributed by atoms with E-state index in [1.54, 1.807) is 0 Å². The molecule has 6 nitrogen and oxygen atoms in total. The molecule has 0 saturated carbocycles. The monoisotopic (exact) mass is 319 g/mol. The second kappa shape index (κ2) is 5.33. The van der Waals surface area contributed by atoms with Crippen molar-refractivity contribution in [3.63, 3.8) is 0 Å². The first kappa shape index (κ1) is 14.2. The van der Waals surface area contributed by atoms with Crippen LogP contribution in [0.1, 0.15) is 23.3 Å². The van der Waals surface area contributed by atoms with E-state index in [1.165, 1.54) is 23.3 Å². The van der Waals surface area contributed by atoms with Crippen LogP contribution in [0.4, 0.5) is 11.8 Å². The average molecular weight is 319 g/mol. The number of nitrogen functional groups attached to an aromatic ring is 1. The lowest BCUT2D eigenvalue weighted by Gasteiger charge is -2.18. The molecule has 4 N–H and O–H groups in total. The molecule has 7 heteroatoms. The van der Waals surface area contributed by atoms with Crippen molar-refractivity contribution in [2.24, 2.45) is 0 Å². The number of aliphatic hydroxyl groups is 1. The number of aliphatic hydroxyl groups excluding tert-OH is 1. The van der Waals surface area contributed by atoms with Gasteiger partial charge < -0.3 is 21.1 Å². The van der Waals surface area contributed by atoms with Gasteiger partial charge in [0.15, 0.2) is 5.82 Å². The van der Waals surface area contributed by atoms with Crippen LogP contribution in [0, 0.1) is 0 Å². The van der Waals surface area contributed by atoms with Gasteiger partial charge in [-0.25, -0.2) is 4.98 Å². The van der Waals surface area contributed by atoms with Crippen molar-refractivity contribution in [2.75, 3.05) is 30.8 Å². The number of rotatable bonds is 2. The van der Waals surface area contributed by atoms with Gasteiger partial charge in [0.2, 0.25) is 5.95 Å². The van der Waals surface area contributed by atoms with Crippen LogP contribution in [0.25, 0.3) is 10.2 Å². The smallest absolute Gasteiger partial charge is 0.222 e. The van der Waals surface area contributed by atoms with Gasteiger partial charge in [-0.3, -0.25) is 0 Å². The predicted octanol–water partition coefficient (Wildman–Crippen LogP) is 0.921. The van der Waals surface area contributed by atoms with Crippen LogP contribution in [0.15, 0.2) is 0 Å². The van der Waals surface area contributed by atoms with E-state index in [0.717, 1.165) is 35.4 Å². The fourth-order valence-electron chi connectivity index (χ4n) is 3.58. The van der Waals surface area contributed by atoms with E-state index in [0.29, 0.717) is 12.5 Å². The number of hydrogen-bond donors (Lipinski definition) is 3. The second-order valence-corrected chi connectivity index (χ2v) is 7.27. The Morgan fingerprint density at radius 3 is 2.86 bits per heavy atom. The molecule has 2 aliphatic rings. The van der Waals surface area contributed by atoms with E-state index in [9.17, 15) is 5.11 Å². The van der Waals surface area contributed by atoms with Crippen LogP contribution in [0.3, 0.4) is 0 Å². The lowest BCUT2D eigenvalue weighted by Crippen LogP contribution is -2.36. The Bertz CT molecular complexity index is 716. The number of aryl methyl sites for hydroxylation is 2. The topological polar surface area (TPSA) is 87.3 Å². The molecule has 0 unspecified atom stereocenters. The fourth-order valence-corrected chi connectivity index (χ4v) is 4.92. The Morgan fingerprint density at radius 2 is 2.09 bits per heavy atom. The molecule has 2 aromatic rings. The fraction of sp³-hybridized carbons (Fsp3) is 0.600. The van der Waals surface area contributed by atoms with Gasteiger partial charge in [-0.1, -0.05) is 0 Å². The number of nitrogens with one attached hydrogen (secondary N) is 1. The van der Waals surface area contributed by atoms with Crippen molar-refractivity contribution in [3.8, 4) is 0 Å². The maximum Gasteiger partial charge on any atom is 0.222 e. The molecule has 2 atom stereocenters. The van der Waals surface area contributed by atoms with Gasteiger partial charge in [0.25, 0.3) is 0 Å². The quantitative estimate of drug-likeness (QED) is 0.763. The number of aromatic nitrogens is 2. The summed E-state index contributed by atoms with van der Waals surface area (Å²) in [5.74, 6) is 1.22. The molecule has 0 bridgehead atoms. The second-order valence-electron chi connectivity index (χ2n) is 6.16. The van der Waals surface area contributed by atoms with Gasteiger partial charge in [0, 0.05) is 18.0 Å². The summed E-state index contributed by atoms with van der Waals surface area (Å²) in [6, 6.07) is 0.0702. The Kier molecular flexibility index (Phi) is 3.43. The van der Waals surface area contributed by atoms with Crippen molar-refractivity contribution in [1.82, 2.24) is 15.3 Å². The van der Waals surface area contributed by atoms with Gasteiger partial charge in [-0.2, -0.15) is 4.98 Å². The summed E-state index contributed by atoms with van der Waals surface area (Å²) in [5.41, 5.74) is 8.36. The van der Waals surface area contributed by atoms with E-state index < -0.39 is 0 Å². The first-order valence-corrected chi connectivity index (χ1v) is 8.67. The van der Waals surface area contributed by atoms with E-state index in [4.69, 9.17) is 5.73 Å². The number of thiophene rings is 1. The molecule has 22 heavy (non-hydrogen) atoms. The highest BCUT2D eigenvalue weighted by Crippen LogP contribution is 2.40. The number of hydrogen-bond acceptors (Lipinski definition) is 7. The van der Waals surface area contributed by atoms with Crippen LogP contribution < -0.4 is 16.0 Å². The number of likely N-dealkylation sites (N-methyl/N-ethyl adjacent to an activating group) is 1. The third-order valence-corrected chi connectivity index (χ3v) is 6.03. The molecule has 0 amide bonds. The third-order valence-electron chi connectivity index (χ3n) is 4.75. The summed E-state index contributed by atoms with van der Waals surface area (Å²) in [5, 5.41) is 13.3. The van der Waals surface area contributed by atoms with Crippen LogP contribution in [0.2, 0.25) is 0 Å². The van der Waals surface area contributed by atoms with Gasteiger partial charge >= 0.3 is 0 Å². The lowest BCUT2D eigenvalue weighted by atomic mass is 9.98. The van der Waals surface area contributed by atoms with Crippen molar-refractivity contribution in [3.05, 3.63) is 10.4 Å². The average Bonchev–Trinajstić information content (AvgIpc) is 3.07. The molecular weight excluding hydrogens is 298 g/mol. The highest BCUT2D eigenvalue weighted by molar-refractivity contribution is 7.19. The summed E-state index contributed by atoms with van der Waals surface area (Å²) in [7, 11) is 1.88. The van der Waals surface area contributed by atoms with Crippen molar-refractivity contribution >= 4 is 33.3 Å². The summed E-state index contributed by atoms with van der Waals surface area (Å²) in [6.45, 7) is 1.32. The first-order valence-electron chi connectivity index (χ1n) is 7.85. The van der Waals surface area contributed by atoms with Gasteiger partial charge in [-0.15, -0.1) is 11.3 Å². The number of anilines is 2. The molecule has 1 aliphatic carbocycles. The Hall–Kier alpha value is -1.44. The highest BCUT2D eigenvalue weighted by Gasteiger charge is 2.33. The first-order chi connectivity index (χ1) is 10.7.